The molecule has 2 N–H and O–H groups in total. The molecule has 1 heterocycles. The molecule has 0 radical (unpaired) electrons. The van der Waals surface area contributed by atoms with Crippen molar-refractivity contribution in [1.82, 2.24) is 15.3 Å². The number of carbonyl (C=O) groups excluding carboxylic acids is 1. The summed E-state index contributed by atoms with van der Waals surface area (Å²) in [5.74, 6) is 0.393. The molecule has 4 rings (SSSR count). The number of fused-ring (bicyclic) bond motifs is 2. The highest BCUT2D eigenvalue weighted by molar-refractivity contribution is 5.79. The molecule has 5 heteroatoms. The maximum Gasteiger partial charge on any atom is 0.258 e. The Bertz CT molecular complexity index is 1020. The molecule has 1 aliphatic rings. The van der Waals surface area contributed by atoms with E-state index in [2.05, 4.69) is 27.4 Å². The van der Waals surface area contributed by atoms with Gasteiger partial charge < -0.3 is 10.3 Å². The summed E-state index contributed by atoms with van der Waals surface area (Å²) < 4.78 is 0. The van der Waals surface area contributed by atoms with E-state index >= 15 is 0 Å². The molecule has 1 aromatic heterocycles. The van der Waals surface area contributed by atoms with Gasteiger partial charge >= 0.3 is 0 Å². The number of nitrogens with zero attached hydrogens (tertiary/aromatic N) is 1. The zero-order chi connectivity index (χ0) is 17.9. The second-order valence-electron chi connectivity index (χ2n) is 6.79. The van der Waals surface area contributed by atoms with Crippen molar-refractivity contribution in [2.75, 3.05) is 0 Å². The van der Waals surface area contributed by atoms with Crippen molar-refractivity contribution in [3.63, 3.8) is 0 Å². The van der Waals surface area contributed by atoms with Gasteiger partial charge in [0.25, 0.3) is 5.56 Å². The second-order valence-corrected chi connectivity index (χ2v) is 6.79. The molecule has 132 valence electrons. The smallest absolute Gasteiger partial charge is 0.258 e. The quantitative estimate of drug-likeness (QED) is 0.762. The molecule has 0 saturated carbocycles. The summed E-state index contributed by atoms with van der Waals surface area (Å²) in [6, 6.07) is 13.5. The van der Waals surface area contributed by atoms with Gasteiger partial charge in [-0.25, -0.2) is 4.98 Å². The van der Waals surface area contributed by atoms with E-state index in [0.29, 0.717) is 23.1 Å². The predicted molar refractivity (Wildman–Crippen MR) is 101 cm³/mol. The van der Waals surface area contributed by atoms with Crippen LogP contribution in [0.5, 0.6) is 0 Å². The standard InChI is InChI=1S/C21H21N3O2/c25-20(12-14-9-10-15-5-1-2-6-16(15)11-14)22-13-19-23-18-8-4-3-7-17(18)21(26)24-19/h3-4,7-11H,1-2,5-6,12-13H2,(H,22,25)(H,23,24,26). The van der Waals surface area contributed by atoms with Crippen molar-refractivity contribution in [3.05, 3.63) is 75.3 Å². The minimum atomic E-state index is -0.186. The average Bonchev–Trinajstić information content (AvgIpc) is 2.66. The Balaban J connectivity index is 1.42. The summed E-state index contributed by atoms with van der Waals surface area (Å²) in [5, 5.41) is 3.40. The predicted octanol–water partition coefficient (Wildman–Crippen LogP) is 2.66. The number of para-hydroxylation sites is 1. The largest absolute Gasteiger partial charge is 0.349 e. The molecule has 0 fully saturated rings. The molecule has 0 bridgehead atoms. The maximum absolute atomic E-state index is 12.3. The van der Waals surface area contributed by atoms with Gasteiger partial charge in [-0.05, 0) is 54.5 Å². The van der Waals surface area contributed by atoms with Crippen LogP contribution in [0.2, 0.25) is 0 Å². The van der Waals surface area contributed by atoms with Gasteiger partial charge in [0, 0.05) is 0 Å². The zero-order valence-electron chi connectivity index (χ0n) is 14.5. The molecule has 0 aliphatic heterocycles. The van der Waals surface area contributed by atoms with E-state index in [-0.39, 0.29) is 18.0 Å². The van der Waals surface area contributed by atoms with Gasteiger partial charge in [-0.1, -0.05) is 30.3 Å². The molecule has 3 aromatic rings. The third-order valence-electron chi connectivity index (χ3n) is 4.89. The van der Waals surface area contributed by atoms with Gasteiger partial charge in [0.15, 0.2) is 0 Å². The fourth-order valence-electron chi connectivity index (χ4n) is 3.55. The first-order chi connectivity index (χ1) is 12.7. The lowest BCUT2D eigenvalue weighted by atomic mass is 9.90. The van der Waals surface area contributed by atoms with E-state index in [4.69, 9.17) is 0 Å². The highest BCUT2D eigenvalue weighted by atomic mass is 16.1. The minimum absolute atomic E-state index is 0.0726. The second kappa shape index (κ2) is 7.12. The number of H-pyrrole nitrogens is 1. The Morgan fingerprint density at radius 1 is 1.08 bits per heavy atom. The maximum atomic E-state index is 12.3. The molecule has 5 nitrogen and oxygen atoms in total. The van der Waals surface area contributed by atoms with Crippen molar-refractivity contribution in [2.24, 2.45) is 0 Å². The van der Waals surface area contributed by atoms with E-state index in [1.807, 2.05) is 12.1 Å². The van der Waals surface area contributed by atoms with Crippen LogP contribution in [0.15, 0.2) is 47.3 Å². The Kier molecular flexibility index (Phi) is 4.52. The van der Waals surface area contributed by atoms with Crippen LogP contribution in [0.3, 0.4) is 0 Å². The Hall–Kier alpha value is -2.95. The molecular weight excluding hydrogens is 326 g/mol. The van der Waals surface area contributed by atoms with Crippen molar-refractivity contribution >= 4 is 16.8 Å². The molecule has 1 aliphatic carbocycles. The van der Waals surface area contributed by atoms with Gasteiger partial charge in [0.05, 0.1) is 23.9 Å². The van der Waals surface area contributed by atoms with Crippen molar-refractivity contribution < 1.29 is 4.79 Å². The Labute approximate surface area is 151 Å². The molecule has 1 amide bonds. The average molecular weight is 347 g/mol. The van der Waals surface area contributed by atoms with Crippen molar-refractivity contribution in [2.45, 2.75) is 38.6 Å². The van der Waals surface area contributed by atoms with Crippen LogP contribution in [0, 0.1) is 0 Å². The van der Waals surface area contributed by atoms with Crippen molar-refractivity contribution in [3.8, 4) is 0 Å². The first kappa shape index (κ1) is 16.5. The molecule has 26 heavy (non-hydrogen) atoms. The third kappa shape index (κ3) is 3.52. The number of aromatic amines is 1. The van der Waals surface area contributed by atoms with Gasteiger partial charge in [0.1, 0.15) is 5.82 Å². The van der Waals surface area contributed by atoms with Crippen LogP contribution in [0.1, 0.15) is 35.4 Å². The van der Waals surface area contributed by atoms with E-state index < -0.39 is 0 Å². The number of hydrogen-bond acceptors (Lipinski definition) is 3. The van der Waals surface area contributed by atoms with Crippen LogP contribution in [0.25, 0.3) is 10.9 Å². The number of benzene rings is 2. The molecular formula is C21H21N3O2. The summed E-state index contributed by atoms with van der Waals surface area (Å²) in [5.41, 5.74) is 4.27. The summed E-state index contributed by atoms with van der Waals surface area (Å²) in [6.07, 6.45) is 5.06. The van der Waals surface area contributed by atoms with E-state index in [1.54, 1.807) is 18.2 Å². The number of rotatable bonds is 4. The van der Waals surface area contributed by atoms with Crippen LogP contribution in [-0.4, -0.2) is 15.9 Å². The lowest BCUT2D eigenvalue weighted by Crippen LogP contribution is -2.27. The van der Waals surface area contributed by atoms with Gasteiger partial charge in [-0.2, -0.15) is 0 Å². The summed E-state index contributed by atoms with van der Waals surface area (Å²) >= 11 is 0. The van der Waals surface area contributed by atoms with E-state index in [1.165, 1.54) is 24.0 Å². The third-order valence-corrected chi connectivity index (χ3v) is 4.89. The molecule has 2 aromatic carbocycles. The normalized spacial score (nSPS) is 13.4. The number of aryl methyl sites for hydroxylation is 2. The Morgan fingerprint density at radius 2 is 1.88 bits per heavy atom. The van der Waals surface area contributed by atoms with E-state index in [9.17, 15) is 9.59 Å². The zero-order valence-corrected chi connectivity index (χ0v) is 14.5. The van der Waals surface area contributed by atoms with Crippen LogP contribution in [-0.2, 0) is 30.6 Å². The highest BCUT2D eigenvalue weighted by Gasteiger charge is 2.11. The van der Waals surface area contributed by atoms with Crippen LogP contribution < -0.4 is 10.9 Å². The summed E-state index contributed by atoms with van der Waals surface area (Å²) in [6.45, 7) is 0.212. The molecule has 0 atom stereocenters. The summed E-state index contributed by atoms with van der Waals surface area (Å²) in [4.78, 5) is 31.5. The first-order valence-corrected chi connectivity index (χ1v) is 9.04. The lowest BCUT2D eigenvalue weighted by Gasteiger charge is -2.16. The number of nitrogens with one attached hydrogen (secondary N) is 2. The number of hydrogen-bond donors (Lipinski definition) is 2. The Morgan fingerprint density at radius 3 is 2.77 bits per heavy atom. The molecule has 0 spiro atoms. The minimum Gasteiger partial charge on any atom is -0.349 e. The fraction of sp³-hybridized carbons (Fsp3) is 0.286. The highest BCUT2D eigenvalue weighted by Crippen LogP contribution is 2.22. The van der Waals surface area contributed by atoms with Crippen LogP contribution in [0.4, 0.5) is 0 Å². The van der Waals surface area contributed by atoms with Gasteiger partial charge in [0.2, 0.25) is 5.91 Å². The van der Waals surface area contributed by atoms with Crippen molar-refractivity contribution in [1.29, 1.82) is 0 Å². The lowest BCUT2D eigenvalue weighted by molar-refractivity contribution is -0.120. The molecule has 0 saturated heterocycles. The number of carbonyl (C=O) groups is 1. The van der Waals surface area contributed by atoms with Gasteiger partial charge in [-0.3, -0.25) is 9.59 Å². The van der Waals surface area contributed by atoms with Crippen LogP contribution >= 0.6 is 0 Å². The molecule has 0 unspecified atom stereocenters. The summed E-state index contributed by atoms with van der Waals surface area (Å²) in [7, 11) is 0. The monoisotopic (exact) mass is 347 g/mol. The fourth-order valence-corrected chi connectivity index (χ4v) is 3.55. The number of aromatic nitrogens is 2. The topological polar surface area (TPSA) is 74.8 Å². The first-order valence-electron chi connectivity index (χ1n) is 9.04. The SMILES string of the molecule is O=C(Cc1ccc2c(c1)CCCC2)NCc1nc2ccccc2c(=O)[nH]1. The number of amides is 1. The van der Waals surface area contributed by atoms with Gasteiger partial charge in [-0.15, -0.1) is 0 Å². The van der Waals surface area contributed by atoms with E-state index in [0.717, 1.165) is 18.4 Å².